The molecule has 4 heteroatoms. The fraction of sp³-hybridized carbons (Fsp3) is 0.333. The number of benzene rings is 2. The summed E-state index contributed by atoms with van der Waals surface area (Å²) in [5.74, 6) is 1.76. The maximum atomic E-state index is 5.86. The minimum Gasteiger partial charge on any atom is -0.492 e. The number of hydrogen-bond acceptors (Lipinski definition) is 4. The first-order valence-corrected chi connectivity index (χ1v) is 7.62. The number of aryl methyl sites for hydroxylation is 1. The predicted octanol–water partition coefficient (Wildman–Crippen LogP) is 3.24. The molecular formula is C18H22N2O2. The van der Waals surface area contributed by atoms with Gasteiger partial charge in [0.05, 0.1) is 18.8 Å². The molecule has 2 aromatic carbocycles. The molecule has 3 rings (SSSR count). The Bertz CT molecular complexity index is 640. The third-order valence-electron chi connectivity index (χ3n) is 3.78. The van der Waals surface area contributed by atoms with Gasteiger partial charge in [0.25, 0.3) is 0 Å². The maximum absolute atomic E-state index is 5.86. The Labute approximate surface area is 131 Å². The molecule has 0 radical (unpaired) electrons. The van der Waals surface area contributed by atoms with Crippen LogP contribution in [0.3, 0.4) is 0 Å². The van der Waals surface area contributed by atoms with Gasteiger partial charge in [-0.25, -0.2) is 0 Å². The lowest BCUT2D eigenvalue weighted by molar-refractivity contribution is 0.208. The van der Waals surface area contributed by atoms with Gasteiger partial charge in [-0.1, -0.05) is 17.7 Å². The highest BCUT2D eigenvalue weighted by Gasteiger charge is 2.22. The molecule has 0 saturated carbocycles. The Kier molecular flexibility index (Phi) is 4.09. The molecule has 1 aliphatic rings. The summed E-state index contributed by atoms with van der Waals surface area (Å²) in [6.07, 6.45) is 0.147. The molecule has 0 amide bonds. The van der Waals surface area contributed by atoms with Gasteiger partial charge in [0.1, 0.15) is 24.2 Å². The highest BCUT2D eigenvalue weighted by Crippen LogP contribution is 2.34. The molecule has 0 fully saturated rings. The number of nitrogens with zero attached hydrogens (tertiary/aromatic N) is 1. The van der Waals surface area contributed by atoms with Crippen LogP contribution in [0.15, 0.2) is 42.5 Å². The van der Waals surface area contributed by atoms with Crippen molar-refractivity contribution in [1.82, 2.24) is 0 Å². The Hall–Kier alpha value is -2.36. The highest BCUT2D eigenvalue weighted by molar-refractivity contribution is 5.65. The van der Waals surface area contributed by atoms with E-state index in [0.29, 0.717) is 6.61 Å². The van der Waals surface area contributed by atoms with E-state index in [9.17, 15) is 0 Å². The van der Waals surface area contributed by atoms with Crippen LogP contribution >= 0.6 is 0 Å². The van der Waals surface area contributed by atoms with E-state index in [1.165, 1.54) is 5.56 Å². The summed E-state index contributed by atoms with van der Waals surface area (Å²) in [5.41, 5.74) is 8.88. The second-order valence-corrected chi connectivity index (χ2v) is 5.76. The topological polar surface area (TPSA) is 47.7 Å². The van der Waals surface area contributed by atoms with Crippen LogP contribution in [0.1, 0.15) is 12.5 Å². The summed E-state index contributed by atoms with van der Waals surface area (Å²) in [6, 6.07) is 13.9. The van der Waals surface area contributed by atoms with Crippen LogP contribution in [0.4, 0.5) is 11.4 Å². The van der Waals surface area contributed by atoms with E-state index < -0.39 is 0 Å². The largest absolute Gasteiger partial charge is 0.492 e. The van der Waals surface area contributed by atoms with E-state index in [1.54, 1.807) is 0 Å². The molecule has 2 aromatic rings. The third-order valence-corrected chi connectivity index (χ3v) is 3.78. The molecule has 2 N–H and O–H groups in total. The summed E-state index contributed by atoms with van der Waals surface area (Å²) in [6.45, 7) is 6.45. The van der Waals surface area contributed by atoms with Gasteiger partial charge in [-0.2, -0.15) is 0 Å². The van der Waals surface area contributed by atoms with Gasteiger partial charge >= 0.3 is 0 Å². The van der Waals surface area contributed by atoms with E-state index in [-0.39, 0.29) is 6.10 Å². The van der Waals surface area contributed by atoms with Crippen molar-refractivity contribution in [2.75, 3.05) is 30.3 Å². The van der Waals surface area contributed by atoms with Crippen LogP contribution in [0.5, 0.6) is 11.5 Å². The number of hydrogen-bond donors (Lipinski definition) is 1. The van der Waals surface area contributed by atoms with Crippen LogP contribution in [0, 0.1) is 6.92 Å². The van der Waals surface area contributed by atoms with Crippen molar-refractivity contribution in [3.05, 3.63) is 48.0 Å². The maximum Gasteiger partial charge on any atom is 0.145 e. The summed E-state index contributed by atoms with van der Waals surface area (Å²) in [7, 11) is 0. The minimum absolute atomic E-state index is 0.147. The molecule has 4 nitrogen and oxygen atoms in total. The molecule has 1 heterocycles. The first-order valence-electron chi connectivity index (χ1n) is 7.62. The summed E-state index contributed by atoms with van der Waals surface area (Å²) >= 11 is 0. The van der Waals surface area contributed by atoms with Gasteiger partial charge in [0.15, 0.2) is 0 Å². The molecule has 1 aliphatic heterocycles. The fourth-order valence-corrected chi connectivity index (χ4v) is 2.67. The molecule has 0 spiro atoms. The zero-order valence-electron chi connectivity index (χ0n) is 13.1. The number of nitrogen functional groups attached to an aromatic ring is 1. The molecular weight excluding hydrogens is 276 g/mol. The summed E-state index contributed by atoms with van der Waals surface area (Å²) in [4.78, 5) is 2.29. The molecule has 1 atom stereocenters. The smallest absolute Gasteiger partial charge is 0.145 e. The van der Waals surface area contributed by atoms with Crippen LogP contribution in [0.25, 0.3) is 0 Å². The molecule has 1 unspecified atom stereocenters. The Morgan fingerprint density at radius 2 is 2.00 bits per heavy atom. The van der Waals surface area contributed by atoms with Crippen molar-refractivity contribution >= 4 is 11.4 Å². The van der Waals surface area contributed by atoms with Crippen molar-refractivity contribution in [3.63, 3.8) is 0 Å². The Morgan fingerprint density at radius 1 is 1.23 bits per heavy atom. The monoisotopic (exact) mass is 298 g/mol. The number of anilines is 2. The molecule has 116 valence electrons. The standard InChI is InChI=1S/C18H22N2O2/c1-13-3-6-16(7-4-13)21-10-9-20-12-14(2)22-18-11-15(19)5-8-17(18)20/h3-8,11,14H,9-10,12,19H2,1-2H3. The molecule has 0 bridgehead atoms. The quantitative estimate of drug-likeness (QED) is 0.880. The number of fused-ring (bicyclic) bond motifs is 1. The highest BCUT2D eigenvalue weighted by atomic mass is 16.5. The van der Waals surface area contributed by atoms with Crippen LogP contribution in [0.2, 0.25) is 0 Å². The molecule has 22 heavy (non-hydrogen) atoms. The van der Waals surface area contributed by atoms with Gasteiger partial charge < -0.3 is 20.1 Å². The lowest BCUT2D eigenvalue weighted by Gasteiger charge is -2.35. The van der Waals surface area contributed by atoms with Crippen LogP contribution in [-0.2, 0) is 0 Å². The molecule has 0 aromatic heterocycles. The predicted molar refractivity (Wildman–Crippen MR) is 89.8 cm³/mol. The first-order chi connectivity index (χ1) is 10.6. The summed E-state index contributed by atoms with van der Waals surface area (Å²) < 4.78 is 11.7. The lowest BCUT2D eigenvalue weighted by atomic mass is 10.2. The zero-order chi connectivity index (χ0) is 15.5. The average molecular weight is 298 g/mol. The van der Waals surface area contributed by atoms with E-state index >= 15 is 0 Å². The lowest BCUT2D eigenvalue weighted by Crippen LogP contribution is -2.40. The molecule has 0 saturated heterocycles. The van der Waals surface area contributed by atoms with Crippen molar-refractivity contribution in [3.8, 4) is 11.5 Å². The Morgan fingerprint density at radius 3 is 2.77 bits per heavy atom. The van der Waals surface area contributed by atoms with Crippen molar-refractivity contribution < 1.29 is 9.47 Å². The van der Waals surface area contributed by atoms with Crippen molar-refractivity contribution in [1.29, 1.82) is 0 Å². The summed E-state index contributed by atoms with van der Waals surface area (Å²) in [5, 5.41) is 0. The van der Waals surface area contributed by atoms with Gasteiger partial charge in [-0.3, -0.25) is 0 Å². The van der Waals surface area contributed by atoms with Gasteiger partial charge in [0, 0.05) is 11.8 Å². The Balaban J connectivity index is 1.64. The number of nitrogens with two attached hydrogens (primary N) is 1. The number of rotatable bonds is 4. The second kappa shape index (κ2) is 6.18. The molecule has 0 aliphatic carbocycles. The van der Waals surface area contributed by atoms with E-state index in [4.69, 9.17) is 15.2 Å². The van der Waals surface area contributed by atoms with Crippen molar-refractivity contribution in [2.45, 2.75) is 20.0 Å². The van der Waals surface area contributed by atoms with Gasteiger partial charge in [-0.15, -0.1) is 0 Å². The van der Waals surface area contributed by atoms with E-state index in [2.05, 4.69) is 30.9 Å². The van der Waals surface area contributed by atoms with Crippen molar-refractivity contribution in [2.24, 2.45) is 0 Å². The SMILES string of the molecule is Cc1ccc(OCCN2CC(C)Oc3cc(N)ccc32)cc1. The normalized spacial score (nSPS) is 16.8. The van der Waals surface area contributed by atoms with Crippen LogP contribution < -0.4 is 20.1 Å². The average Bonchev–Trinajstić information content (AvgIpc) is 2.48. The zero-order valence-corrected chi connectivity index (χ0v) is 13.1. The van der Waals surface area contributed by atoms with E-state index in [0.717, 1.165) is 36.0 Å². The second-order valence-electron chi connectivity index (χ2n) is 5.76. The number of ether oxygens (including phenoxy) is 2. The van der Waals surface area contributed by atoms with Gasteiger partial charge in [0.2, 0.25) is 0 Å². The van der Waals surface area contributed by atoms with Gasteiger partial charge in [-0.05, 0) is 38.1 Å². The third kappa shape index (κ3) is 3.27. The van der Waals surface area contributed by atoms with E-state index in [1.807, 2.05) is 30.3 Å². The fourth-order valence-electron chi connectivity index (χ4n) is 2.67. The minimum atomic E-state index is 0.147. The van der Waals surface area contributed by atoms with Crippen LogP contribution in [-0.4, -0.2) is 25.8 Å². The first kappa shape index (κ1) is 14.6.